The third kappa shape index (κ3) is 3.29. The van der Waals surface area contributed by atoms with E-state index in [0.717, 1.165) is 29.4 Å². The van der Waals surface area contributed by atoms with Gasteiger partial charge in [0.25, 0.3) is 0 Å². The molecule has 0 N–H and O–H groups in total. The molecule has 1 heterocycles. The second kappa shape index (κ2) is 6.51. The Balaban J connectivity index is 2.23. The summed E-state index contributed by atoms with van der Waals surface area (Å²) in [5.41, 5.74) is 2.31. The molecule has 1 fully saturated rings. The fourth-order valence-electron chi connectivity index (χ4n) is 2.49. The lowest BCUT2D eigenvalue weighted by molar-refractivity contribution is 0.556. The van der Waals surface area contributed by atoms with Crippen molar-refractivity contribution in [3.8, 4) is 0 Å². The Morgan fingerprint density at radius 1 is 1.00 bits per heavy atom. The SMILES string of the molecule is ClCc1cccc(Cl)c1N1CCCCCCC1. The van der Waals surface area contributed by atoms with Crippen LogP contribution in [0, 0.1) is 0 Å². The lowest BCUT2D eigenvalue weighted by Crippen LogP contribution is -2.28. The Labute approximate surface area is 114 Å². The summed E-state index contributed by atoms with van der Waals surface area (Å²) in [6, 6.07) is 6.02. The van der Waals surface area contributed by atoms with Crippen molar-refractivity contribution in [2.75, 3.05) is 18.0 Å². The highest BCUT2D eigenvalue weighted by atomic mass is 35.5. The number of para-hydroxylation sites is 1. The number of hydrogen-bond donors (Lipinski definition) is 0. The van der Waals surface area contributed by atoms with Crippen LogP contribution in [0.3, 0.4) is 0 Å². The molecule has 0 atom stereocenters. The van der Waals surface area contributed by atoms with Gasteiger partial charge in [-0.15, -0.1) is 11.6 Å². The smallest absolute Gasteiger partial charge is 0.0642 e. The van der Waals surface area contributed by atoms with Crippen molar-refractivity contribution in [3.05, 3.63) is 28.8 Å². The topological polar surface area (TPSA) is 3.24 Å². The number of rotatable bonds is 2. The highest BCUT2D eigenvalue weighted by molar-refractivity contribution is 6.33. The van der Waals surface area contributed by atoms with E-state index in [9.17, 15) is 0 Å². The first-order valence-electron chi connectivity index (χ1n) is 6.41. The van der Waals surface area contributed by atoms with Crippen LogP contribution in [0.4, 0.5) is 5.69 Å². The van der Waals surface area contributed by atoms with Gasteiger partial charge in [0, 0.05) is 19.0 Å². The summed E-state index contributed by atoms with van der Waals surface area (Å²) in [5.74, 6) is 0.534. The average molecular weight is 272 g/mol. The van der Waals surface area contributed by atoms with Crippen molar-refractivity contribution in [1.29, 1.82) is 0 Å². The Kier molecular flexibility index (Phi) is 4.99. The van der Waals surface area contributed by atoms with Crippen molar-refractivity contribution < 1.29 is 0 Å². The van der Waals surface area contributed by atoms with Crippen LogP contribution in [-0.2, 0) is 5.88 Å². The number of alkyl halides is 1. The number of hydrogen-bond acceptors (Lipinski definition) is 1. The van der Waals surface area contributed by atoms with E-state index in [-0.39, 0.29) is 0 Å². The molecule has 2 rings (SSSR count). The van der Waals surface area contributed by atoms with E-state index in [0.29, 0.717) is 5.88 Å². The molecule has 0 bridgehead atoms. The van der Waals surface area contributed by atoms with Gasteiger partial charge in [-0.25, -0.2) is 0 Å². The van der Waals surface area contributed by atoms with Crippen LogP contribution in [0.15, 0.2) is 18.2 Å². The minimum absolute atomic E-state index is 0.534. The van der Waals surface area contributed by atoms with Crippen LogP contribution in [0.1, 0.15) is 37.7 Å². The van der Waals surface area contributed by atoms with Gasteiger partial charge in [0.1, 0.15) is 0 Å². The molecule has 0 amide bonds. The normalized spacial score (nSPS) is 17.6. The second-order valence-corrected chi connectivity index (χ2v) is 5.31. The van der Waals surface area contributed by atoms with Gasteiger partial charge >= 0.3 is 0 Å². The van der Waals surface area contributed by atoms with Crippen LogP contribution in [0.2, 0.25) is 5.02 Å². The zero-order valence-electron chi connectivity index (χ0n) is 10.1. The van der Waals surface area contributed by atoms with Gasteiger partial charge in [-0.1, -0.05) is 43.0 Å². The van der Waals surface area contributed by atoms with E-state index in [1.807, 2.05) is 12.1 Å². The van der Waals surface area contributed by atoms with Crippen molar-refractivity contribution >= 4 is 28.9 Å². The second-order valence-electron chi connectivity index (χ2n) is 4.64. The van der Waals surface area contributed by atoms with Gasteiger partial charge in [-0.3, -0.25) is 0 Å². The molecule has 1 aromatic rings. The minimum atomic E-state index is 0.534. The summed E-state index contributed by atoms with van der Waals surface area (Å²) in [5, 5.41) is 0.837. The first-order valence-corrected chi connectivity index (χ1v) is 7.32. The fraction of sp³-hybridized carbons (Fsp3) is 0.571. The molecule has 1 aliphatic rings. The first kappa shape index (κ1) is 13.0. The molecule has 0 saturated carbocycles. The summed E-state index contributed by atoms with van der Waals surface area (Å²) in [7, 11) is 0. The molecule has 0 aliphatic carbocycles. The van der Waals surface area contributed by atoms with E-state index >= 15 is 0 Å². The maximum Gasteiger partial charge on any atom is 0.0642 e. The van der Waals surface area contributed by atoms with Gasteiger partial charge in [0.2, 0.25) is 0 Å². The number of halogens is 2. The Morgan fingerprint density at radius 2 is 1.65 bits per heavy atom. The monoisotopic (exact) mass is 271 g/mol. The number of anilines is 1. The maximum atomic E-state index is 6.34. The van der Waals surface area contributed by atoms with Gasteiger partial charge < -0.3 is 4.90 Å². The molecule has 1 aromatic carbocycles. The Hall–Kier alpha value is -0.400. The largest absolute Gasteiger partial charge is 0.370 e. The molecule has 0 aromatic heterocycles. The number of benzene rings is 1. The third-order valence-corrected chi connectivity index (χ3v) is 3.98. The van der Waals surface area contributed by atoms with E-state index in [1.54, 1.807) is 0 Å². The highest BCUT2D eigenvalue weighted by Gasteiger charge is 2.15. The van der Waals surface area contributed by atoms with Crippen molar-refractivity contribution in [1.82, 2.24) is 0 Å². The zero-order chi connectivity index (χ0) is 12.1. The van der Waals surface area contributed by atoms with Crippen LogP contribution in [-0.4, -0.2) is 13.1 Å². The molecule has 0 unspecified atom stereocenters. The van der Waals surface area contributed by atoms with Crippen LogP contribution >= 0.6 is 23.2 Å². The summed E-state index contributed by atoms with van der Waals surface area (Å²) >= 11 is 12.3. The summed E-state index contributed by atoms with van der Waals surface area (Å²) < 4.78 is 0. The van der Waals surface area contributed by atoms with Crippen molar-refractivity contribution in [2.45, 2.75) is 38.0 Å². The van der Waals surface area contributed by atoms with Crippen LogP contribution < -0.4 is 4.90 Å². The fourth-order valence-corrected chi connectivity index (χ4v) is 3.02. The van der Waals surface area contributed by atoms with Crippen LogP contribution in [0.5, 0.6) is 0 Å². The zero-order valence-corrected chi connectivity index (χ0v) is 11.6. The van der Waals surface area contributed by atoms with E-state index in [1.165, 1.54) is 32.1 Å². The van der Waals surface area contributed by atoms with E-state index in [4.69, 9.17) is 23.2 Å². The number of nitrogens with zero attached hydrogens (tertiary/aromatic N) is 1. The average Bonchev–Trinajstić information content (AvgIpc) is 2.29. The van der Waals surface area contributed by atoms with Gasteiger partial charge in [-0.05, 0) is 24.5 Å². The lowest BCUT2D eigenvalue weighted by Gasteiger charge is -2.29. The first-order chi connectivity index (χ1) is 8.33. The highest BCUT2D eigenvalue weighted by Crippen LogP contribution is 2.32. The molecule has 1 aliphatic heterocycles. The van der Waals surface area contributed by atoms with Crippen molar-refractivity contribution in [2.24, 2.45) is 0 Å². The van der Waals surface area contributed by atoms with Gasteiger partial charge in [0.15, 0.2) is 0 Å². The molecule has 0 radical (unpaired) electrons. The summed E-state index contributed by atoms with van der Waals surface area (Å²) in [4.78, 5) is 2.42. The maximum absolute atomic E-state index is 6.34. The Morgan fingerprint density at radius 3 is 2.29 bits per heavy atom. The summed E-state index contributed by atoms with van der Waals surface area (Å²) in [6.45, 7) is 2.21. The predicted molar refractivity (Wildman–Crippen MR) is 76.3 cm³/mol. The Bertz CT molecular complexity index is 357. The molecular formula is C14H19Cl2N. The molecule has 3 heteroatoms. The lowest BCUT2D eigenvalue weighted by atomic mass is 10.1. The molecule has 94 valence electrons. The molecule has 1 saturated heterocycles. The van der Waals surface area contributed by atoms with Crippen molar-refractivity contribution in [3.63, 3.8) is 0 Å². The molecular weight excluding hydrogens is 253 g/mol. The van der Waals surface area contributed by atoms with E-state index in [2.05, 4.69) is 11.0 Å². The van der Waals surface area contributed by atoms with Crippen LogP contribution in [0.25, 0.3) is 0 Å². The molecule has 0 spiro atoms. The minimum Gasteiger partial charge on any atom is -0.370 e. The molecule has 1 nitrogen and oxygen atoms in total. The van der Waals surface area contributed by atoms with Gasteiger partial charge in [-0.2, -0.15) is 0 Å². The van der Waals surface area contributed by atoms with Gasteiger partial charge in [0.05, 0.1) is 10.7 Å². The third-order valence-electron chi connectivity index (χ3n) is 3.39. The van der Waals surface area contributed by atoms with E-state index < -0.39 is 0 Å². The molecule has 17 heavy (non-hydrogen) atoms. The predicted octanol–water partition coefficient (Wildman–Crippen LogP) is 4.85. The standard InChI is InChI=1S/C14H19Cl2N/c15-11-12-7-6-8-13(16)14(12)17-9-4-2-1-3-5-10-17/h6-8H,1-5,9-11H2. The summed E-state index contributed by atoms with van der Waals surface area (Å²) in [6.07, 6.45) is 6.55. The quantitative estimate of drug-likeness (QED) is 0.696.